The Kier molecular flexibility index (Phi) is 4.15. The van der Waals surface area contributed by atoms with Gasteiger partial charge < -0.3 is 5.32 Å². The van der Waals surface area contributed by atoms with E-state index in [4.69, 9.17) is 0 Å². The van der Waals surface area contributed by atoms with Crippen LogP contribution in [-0.4, -0.2) is 32.6 Å². The first-order chi connectivity index (χ1) is 13.1. The molecule has 0 unspecified atom stereocenters. The van der Waals surface area contributed by atoms with Crippen molar-refractivity contribution < 1.29 is 9.59 Å². The molecule has 2 heterocycles. The number of pyridine rings is 1. The first kappa shape index (κ1) is 17.1. The number of hydrogen-bond donors (Lipinski definition) is 2. The van der Waals surface area contributed by atoms with Gasteiger partial charge in [0.1, 0.15) is 0 Å². The van der Waals surface area contributed by atoms with Crippen LogP contribution in [0.1, 0.15) is 38.5 Å². The smallest absolute Gasteiger partial charge is 0.321 e. The number of imidazole rings is 1. The van der Waals surface area contributed by atoms with Gasteiger partial charge in [-0.05, 0) is 68.4 Å². The molecule has 4 bridgehead atoms. The summed E-state index contributed by atoms with van der Waals surface area (Å²) < 4.78 is 1.94. The van der Waals surface area contributed by atoms with Gasteiger partial charge >= 0.3 is 6.03 Å². The fourth-order valence-corrected chi connectivity index (χ4v) is 6.62. The predicted octanol–water partition coefficient (Wildman–Crippen LogP) is 3.22. The van der Waals surface area contributed by atoms with E-state index < -0.39 is 0 Å². The highest BCUT2D eigenvalue weighted by Crippen LogP contribution is 2.55. The van der Waals surface area contributed by atoms with E-state index in [1.165, 1.54) is 31.0 Å². The van der Waals surface area contributed by atoms with E-state index in [-0.39, 0.29) is 23.2 Å². The Morgan fingerprint density at radius 3 is 2.56 bits per heavy atom. The Bertz CT molecular complexity index is 858. The molecule has 0 aliphatic heterocycles. The van der Waals surface area contributed by atoms with Crippen LogP contribution >= 0.6 is 11.8 Å². The molecule has 2 aromatic heterocycles. The molecule has 6 rings (SSSR count). The number of thioether (sulfide) groups is 1. The second kappa shape index (κ2) is 6.55. The van der Waals surface area contributed by atoms with Crippen molar-refractivity contribution in [2.75, 3.05) is 5.75 Å². The Balaban J connectivity index is 1.16. The third kappa shape index (κ3) is 3.33. The molecule has 27 heavy (non-hydrogen) atoms. The Hall–Kier alpha value is -2.02. The zero-order valence-corrected chi connectivity index (χ0v) is 16.0. The summed E-state index contributed by atoms with van der Waals surface area (Å²) in [6.45, 7) is 0. The van der Waals surface area contributed by atoms with Gasteiger partial charge in [0.15, 0.2) is 5.16 Å². The highest BCUT2D eigenvalue weighted by atomic mass is 32.2. The van der Waals surface area contributed by atoms with Crippen LogP contribution in [0.15, 0.2) is 35.7 Å². The highest BCUT2D eigenvalue weighted by Gasteiger charge is 2.51. The molecule has 142 valence electrons. The molecule has 7 heteroatoms. The van der Waals surface area contributed by atoms with Gasteiger partial charge in [0.05, 0.1) is 17.5 Å². The minimum Gasteiger partial charge on any atom is -0.332 e. The minimum atomic E-state index is -0.337. The Morgan fingerprint density at radius 1 is 1.15 bits per heavy atom. The van der Waals surface area contributed by atoms with E-state index in [2.05, 4.69) is 15.6 Å². The molecule has 0 atom stereocenters. The van der Waals surface area contributed by atoms with Crippen molar-refractivity contribution in [2.24, 2.45) is 17.8 Å². The molecule has 4 aliphatic rings. The van der Waals surface area contributed by atoms with Gasteiger partial charge in [0, 0.05) is 11.7 Å². The molecular formula is C20H24N4O2S. The second-order valence-corrected chi connectivity index (χ2v) is 9.47. The molecule has 0 aromatic carbocycles. The van der Waals surface area contributed by atoms with Crippen molar-refractivity contribution in [3.8, 4) is 0 Å². The average Bonchev–Trinajstić information content (AvgIpc) is 3.01. The lowest BCUT2D eigenvalue weighted by Crippen LogP contribution is -2.61. The molecule has 4 fully saturated rings. The molecule has 6 nitrogen and oxygen atoms in total. The van der Waals surface area contributed by atoms with Crippen LogP contribution < -0.4 is 10.6 Å². The van der Waals surface area contributed by atoms with Gasteiger partial charge in [-0.15, -0.1) is 0 Å². The molecule has 2 N–H and O–H groups in total. The van der Waals surface area contributed by atoms with Crippen LogP contribution in [0.2, 0.25) is 0 Å². The lowest BCUT2D eigenvalue weighted by atomic mass is 9.53. The number of urea groups is 1. The van der Waals surface area contributed by atoms with E-state index in [9.17, 15) is 9.59 Å². The summed E-state index contributed by atoms with van der Waals surface area (Å²) in [6.07, 6.45) is 10.9. The normalized spacial score (nSPS) is 31.2. The van der Waals surface area contributed by atoms with Crippen molar-refractivity contribution in [1.82, 2.24) is 20.0 Å². The maximum atomic E-state index is 12.4. The van der Waals surface area contributed by atoms with Crippen LogP contribution in [0.5, 0.6) is 0 Å². The number of carbonyl (C=O) groups is 2. The topological polar surface area (TPSA) is 75.5 Å². The number of amides is 3. The third-order valence-corrected chi connectivity index (χ3v) is 7.37. The summed E-state index contributed by atoms with van der Waals surface area (Å²) in [5.41, 5.74) is 0.908. The summed E-state index contributed by atoms with van der Waals surface area (Å²) in [5, 5.41) is 6.45. The first-order valence-corrected chi connectivity index (χ1v) is 10.7. The number of rotatable bonds is 4. The molecule has 0 radical (unpaired) electrons. The molecule has 3 amide bonds. The number of aromatic nitrogens is 2. The van der Waals surface area contributed by atoms with Crippen LogP contribution in [0.3, 0.4) is 0 Å². The number of imide groups is 1. The molecular weight excluding hydrogens is 360 g/mol. The minimum absolute atomic E-state index is 0.0778. The molecule has 4 aliphatic carbocycles. The van der Waals surface area contributed by atoms with Crippen LogP contribution in [0.4, 0.5) is 4.79 Å². The van der Waals surface area contributed by atoms with Gasteiger partial charge in [-0.2, -0.15) is 0 Å². The molecule has 0 spiro atoms. The number of fused-ring (bicyclic) bond motifs is 1. The monoisotopic (exact) mass is 384 g/mol. The first-order valence-electron chi connectivity index (χ1n) is 9.75. The highest BCUT2D eigenvalue weighted by molar-refractivity contribution is 7.99. The molecule has 0 saturated heterocycles. The number of nitrogens with one attached hydrogen (secondary N) is 2. The standard InChI is InChI=1S/C20H24N4O2S/c25-17(12-27-19-21-11-16-3-1-2-4-24(16)19)22-18(26)23-20-8-13-5-14(9-20)7-15(6-13)10-20/h1-4,11,13-15H,5-10,12H2,(H2,22,23,25,26). The van der Waals surface area contributed by atoms with Crippen LogP contribution in [0, 0.1) is 17.8 Å². The van der Waals surface area contributed by atoms with E-state index in [0.717, 1.165) is 47.7 Å². The van der Waals surface area contributed by atoms with Crippen molar-refractivity contribution in [3.05, 3.63) is 30.6 Å². The van der Waals surface area contributed by atoms with Crippen molar-refractivity contribution in [1.29, 1.82) is 0 Å². The van der Waals surface area contributed by atoms with Gasteiger partial charge in [0.25, 0.3) is 0 Å². The van der Waals surface area contributed by atoms with Gasteiger partial charge in [0.2, 0.25) is 5.91 Å². The fraction of sp³-hybridized carbons (Fsp3) is 0.550. The Morgan fingerprint density at radius 2 is 1.85 bits per heavy atom. The van der Waals surface area contributed by atoms with E-state index in [0.29, 0.717) is 0 Å². The third-order valence-electron chi connectivity index (χ3n) is 6.41. The number of carbonyl (C=O) groups excluding carboxylic acids is 2. The lowest BCUT2D eigenvalue weighted by molar-refractivity contribution is -0.117. The van der Waals surface area contributed by atoms with Crippen LogP contribution in [-0.2, 0) is 4.79 Å². The zero-order chi connectivity index (χ0) is 18.4. The van der Waals surface area contributed by atoms with Gasteiger partial charge in [-0.3, -0.25) is 14.5 Å². The van der Waals surface area contributed by atoms with Crippen molar-refractivity contribution >= 4 is 29.2 Å². The van der Waals surface area contributed by atoms with Gasteiger partial charge in [-0.1, -0.05) is 17.8 Å². The summed E-state index contributed by atoms with van der Waals surface area (Å²) in [7, 11) is 0. The average molecular weight is 385 g/mol. The number of nitrogens with zero attached hydrogens (tertiary/aromatic N) is 2. The zero-order valence-electron chi connectivity index (χ0n) is 15.2. The van der Waals surface area contributed by atoms with Crippen molar-refractivity contribution in [2.45, 2.75) is 49.2 Å². The summed E-state index contributed by atoms with van der Waals surface area (Å²) in [6, 6.07) is 5.51. The molecule has 2 aromatic rings. The van der Waals surface area contributed by atoms with Crippen LogP contribution in [0.25, 0.3) is 5.52 Å². The SMILES string of the molecule is O=C(CSc1ncc2ccccn12)NC(=O)NC12CC3CC(CC(C3)C1)C2. The maximum absolute atomic E-state index is 12.4. The van der Waals surface area contributed by atoms with E-state index >= 15 is 0 Å². The summed E-state index contributed by atoms with van der Waals surface area (Å²) in [5.74, 6) is 2.17. The second-order valence-electron chi connectivity index (χ2n) is 8.53. The largest absolute Gasteiger partial charge is 0.332 e. The van der Waals surface area contributed by atoms with E-state index in [1.807, 2.05) is 28.8 Å². The van der Waals surface area contributed by atoms with Gasteiger partial charge in [-0.25, -0.2) is 9.78 Å². The van der Waals surface area contributed by atoms with E-state index in [1.54, 1.807) is 6.20 Å². The fourth-order valence-electron chi connectivity index (χ4n) is 5.85. The predicted molar refractivity (Wildman–Crippen MR) is 103 cm³/mol. The Labute approximate surface area is 162 Å². The van der Waals surface area contributed by atoms with Crippen molar-refractivity contribution in [3.63, 3.8) is 0 Å². The quantitative estimate of drug-likeness (QED) is 0.794. The summed E-state index contributed by atoms with van der Waals surface area (Å²) in [4.78, 5) is 29.0. The number of hydrogen-bond acceptors (Lipinski definition) is 4. The molecule has 4 saturated carbocycles. The maximum Gasteiger partial charge on any atom is 0.321 e. The summed E-state index contributed by atoms with van der Waals surface area (Å²) >= 11 is 1.34. The lowest BCUT2D eigenvalue weighted by Gasteiger charge is -2.56.